The average molecular weight is 209 g/mol. The fraction of sp³-hybridized carbons (Fsp3) is 0.250. The van der Waals surface area contributed by atoms with Crippen molar-refractivity contribution in [2.45, 2.75) is 26.2 Å². The molecule has 0 nitrogen and oxygen atoms in total. The van der Waals surface area contributed by atoms with Crippen LogP contribution in [-0.4, -0.2) is 0 Å². The molecule has 0 saturated heterocycles. The second-order valence-electron chi connectivity index (χ2n) is 4.01. The number of hydrogen-bond acceptors (Lipinski definition) is 0. The molecule has 0 heterocycles. The van der Waals surface area contributed by atoms with Crippen molar-refractivity contribution in [1.82, 2.24) is 0 Å². The highest BCUT2D eigenvalue weighted by Crippen LogP contribution is 2.18. The third-order valence-corrected chi connectivity index (χ3v) is 2.75. The lowest BCUT2D eigenvalue weighted by Crippen LogP contribution is -1.84. The van der Waals surface area contributed by atoms with Gasteiger partial charge in [-0.15, -0.1) is 0 Å². The van der Waals surface area contributed by atoms with Crippen LogP contribution >= 0.6 is 0 Å². The summed E-state index contributed by atoms with van der Waals surface area (Å²) in [5.41, 5.74) is 1.30. The van der Waals surface area contributed by atoms with Gasteiger partial charge in [0.25, 0.3) is 0 Å². The maximum absolute atomic E-state index is 3.34. The van der Waals surface area contributed by atoms with Gasteiger partial charge in [-0.25, -0.2) is 0 Å². The molecule has 0 bridgehead atoms. The zero-order valence-corrected chi connectivity index (χ0v) is 9.74. The first-order chi connectivity index (χ1) is 7.92. The molecule has 81 valence electrons. The number of hydrogen-bond donors (Lipinski definition) is 0. The summed E-state index contributed by atoms with van der Waals surface area (Å²) >= 11 is 0. The minimum atomic E-state index is 0.987. The van der Waals surface area contributed by atoms with Gasteiger partial charge in [0.1, 0.15) is 0 Å². The van der Waals surface area contributed by atoms with E-state index < -0.39 is 0 Å². The smallest absolute Gasteiger partial charge is 0.00851 e. The summed E-state index contributed by atoms with van der Waals surface area (Å²) in [5.74, 6) is 0. The van der Waals surface area contributed by atoms with E-state index in [1.165, 1.54) is 29.2 Å². The summed E-state index contributed by atoms with van der Waals surface area (Å²) in [4.78, 5) is 0. The van der Waals surface area contributed by atoms with E-state index in [-0.39, 0.29) is 0 Å². The molecule has 0 heteroatoms. The molecule has 0 atom stereocenters. The fourth-order valence-corrected chi connectivity index (χ4v) is 1.88. The Morgan fingerprint density at radius 3 is 2.88 bits per heavy atom. The third-order valence-electron chi connectivity index (χ3n) is 2.75. The molecule has 0 spiro atoms. The van der Waals surface area contributed by atoms with E-state index in [0.29, 0.717) is 0 Å². The molecule has 16 heavy (non-hydrogen) atoms. The van der Waals surface area contributed by atoms with E-state index in [1.54, 1.807) is 0 Å². The molecule has 0 fully saturated rings. The summed E-state index contributed by atoms with van der Waals surface area (Å²) < 4.78 is 0. The van der Waals surface area contributed by atoms with Crippen LogP contribution < -0.4 is 0 Å². The molecular formula is C16H17. The highest BCUT2D eigenvalue weighted by atomic mass is 14.0. The molecule has 0 aliphatic heterocycles. The van der Waals surface area contributed by atoms with Gasteiger partial charge in [0, 0.05) is 0 Å². The van der Waals surface area contributed by atoms with E-state index in [1.807, 2.05) is 6.07 Å². The Bertz CT molecular complexity index is 475. The Labute approximate surface area is 97.6 Å². The first kappa shape index (κ1) is 10.9. The van der Waals surface area contributed by atoms with E-state index in [0.717, 1.165) is 6.42 Å². The maximum atomic E-state index is 3.34. The highest BCUT2D eigenvalue weighted by molar-refractivity contribution is 5.85. The first-order valence-electron chi connectivity index (χ1n) is 5.95. The molecule has 2 rings (SSSR count). The first-order valence-corrected chi connectivity index (χ1v) is 5.95. The number of rotatable bonds is 4. The molecule has 0 N–H and O–H groups in total. The van der Waals surface area contributed by atoms with Crippen molar-refractivity contribution >= 4 is 10.8 Å². The summed E-state index contributed by atoms with van der Waals surface area (Å²) in [6.45, 7) is 2.20. The minimum Gasteiger partial charge on any atom is -0.0882 e. The van der Waals surface area contributed by atoms with Crippen LogP contribution in [0.2, 0.25) is 0 Å². The van der Waals surface area contributed by atoms with Crippen molar-refractivity contribution < 1.29 is 0 Å². The Balaban J connectivity index is 2.23. The van der Waals surface area contributed by atoms with Crippen molar-refractivity contribution in [2.24, 2.45) is 0 Å². The number of benzene rings is 2. The van der Waals surface area contributed by atoms with Gasteiger partial charge >= 0.3 is 0 Å². The summed E-state index contributed by atoms with van der Waals surface area (Å²) in [6.07, 6.45) is 7.89. The second kappa shape index (κ2) is 5.50. The molecule has 0 aliphatic rings. The van der Waals surface area contributed by atoms with Crippen molar-refractivity contribution in [1.29, 1.82) is 0 Å². The lowest BCUT2D eigenvalue weighted by molar-refractivity contribution is 0.953. The van der Waals surface area contributed by atoms with Crippen LogP contribution in [0.25, 0.3) is 10.8 Å². The molecule has 0 unspecified atom stereocenters. The second-order valence-corrected chi connectivity index (χ2v) is 4.01. The van der Waals surface area contributed by atoms with Crippen LogP contribution in [0.4, 0.5) is 0 Å². The molecule has 2 aromatic carbocycles. The van der Waals surface area contributed by atoms with Crippen LogP contribution in [0, 0.1) is 6.07 Å². The predicted molar refractivity (Wildman–Crippen MR) is 70.5 cm³/mol. The average Bonchev–Trinajstić information content (AvgIpc) is 2.35. The number of unbranched alkanes of at least 4 members (excludes halogenated alkanes) is 1. The van der Waals surface area contributed by atoms with Gasteiger partial charge in [0.2, 0.25) is 0 Å². The van der Waals surface area contributed by atoms with Crippen LogP contribution in [0.5, 0.6) is 0 Å². The summed E-state index contributed by atoms with van der Waals surface area (Å²) in [6, 6.07) is 16.0. The molecule has 0 aliphatic carbocycles. The van der Waals surface area contributed by atoms with Crippen molar-refractivity contribution in [3.63, 3.8) is 0 Å². The molecule has 2 aromatic rings. The van der Waals surface area contributed by atoms with E-state index in [2.05, 4.69) is 55.5 Å². The van der Waals surface area contributed by atoms with Crippen molar-refractivity contribution in [3.8, 4) is 0 Å². The maximum Gasteiger partial charge on any atom is -0.00851 e. The zero-order valence-electron chi connectivity index (χ0n) is 9.74. The number of fused-ring (bicyclic) bond motifs is 1. The van der Waals surface area contributed by atoms with Crippen LogP contribution in [0.3, 0.4) is 0 Å². The third kappa shape index (κ3) is 2.52. The highest BCUT2D eigenvalue weighted by Gasteiger charge is 1.97. The molecule has 1 radical (unpaired) electrons. The lowest BCUT2D eigenvalue weighted by Gasteiger charge is -2.02. The SMILES string of the molecule is CCC/C=C/Cc1[c]ccc2ccccc12. The Hall–Kier alpha value is -1.56. The Morgan fingerprint density at radius 1 is 1.12 bits per heavy atom. The Morgan fingerprint density at radius 2 is 2.00 bits per heavy atom. The van der Waals surface area contributed by atoms with E-state index in [4.69, 9.17) is 0 Å². The summed E-state index contributed by atoms with van der Waals surface area (Å²) in [5, 5.41) is 2.63. The molecule has 0 amide bonds. The van der Waals surface area contributed by atoms with Crippen molar-refractivity contribution in [3.05, 3.63) is 60.2 Å². The summed E-state index contributed by atoms with van der Waals surface area (Å²) in [7, 11) is 0. The van der Waals surface area contributed by atoms with Gasteiger partial charge in [-0.3, -0.25) is 0 Å². The largest absolute Gasteiger partial charge is 0.0882 e. The number of allylic oxidation sites excluding steroid dienone is 2. The monoisotopic (exact) mass is 209 g/mol. The molecular weight excluding hydrogens is 192 g/mol. The molecule has 0 saturated carbocycles. The minimum absolute atomic E-state index is 0.987. The zero-order chi connectivity index (χ0) is 11.2. The van der Waals surface area contributed by atoms with Gasteiger partial charge in [0.15, 0.2) is 0 Å². The fourth-order valence-electron chi connectivity index (χ4n) is 1.88. The van der Waals surface area contributed by atoms with Gasteiger partial charge in [-0.1, -0.05) is 61.9 Å². The van der Waals surface area contributed by atoms with E-state index >= 15 is 0 Å². The lowest BCUT2D eigenvalue weighted by atomic mass is 10.0. The van der Waals surface area contributed by atoms with E-state index in [9.17, 15) is 0 Å². The standard InChI is InChI=1S/C16H17/c1-2-3-4-5-9-14-11-8-12-15-10-6-7-13-16(14)15/h4-8,10,12-13H,2-3,9H2,1H3/b5-4+. The van der Waals surface area contributed by atoms with Crippen LogP contribution in [0.1, 0.15) is 25.3 Å². The molecule has 0 aromatic heterocycles. The quantitative estimate of drug-likeness (QED) is 0.648. The van der Waals surface area contributed by atoms with Crippen LogP contribution in [-0.2, 0) is 6.42 Å². The van der Waals surface area contributed by atoms with Crippen LogP contribution in [0.15, 0.2) is 48.6 Å². The van der Waals surface area contributed by atoms with Gasteiger partial charge < -0.3 is 0 Å². The van der Waals surface area contributed by atoms with Gasteiger partial charge in [-0.05, 0) is 35.2 Å². The van der Waals surface area contributed by atoms with Gasteiger partial charge in [-0.2, -0.15) is 0 Å². The Kier molecular flexibility index (Phi) is 3.76. The predicted octanol–water partition coefficient (Wildman–Crippen LogP) is 4.54. The normalized spacial score (nSPS) is 11.3. The topological polar surface area (TPSA) is 0 Å². The van der Waals surface area contributed by atoms with Gasteiger partial charge in [0.05, 0.1) is 0 Å². The van der Waals surface area contributed by atoms with Crippen molar-refractivity contribution in [2.75, 3.05) is 0 Å².